The first-order valence-electron chi connectivity index (χ1n) is 8.50. The molecule has 0 bridgehead atoms. The minimum absolute atomic E-state index is 0.0279. The Kier molecular flexibility index (Phi) is 5.97. The second-order valence-electron chi connectivity index (χ2n) is 6.28. The average Bonchev–Trinajstić information content (AvgIpc) is 3.10. The van der Waals surface area contributed by atoms with Gasteiger partial charge in [0.05, 0.1) is 24.1 Å². The number of benzene rings is 2. The van der Waals surface area contributed by atoms with Gasteiger partial charge in [-0.05, 0) is 29.8 Å². The summed E-state index contributed by atoms with van der Waals surface area (Å²) in [6.45, 7) is 0. The molecule has 29 heavy (non-hydrogen) atoms. The lowest BCUT2D eigenvalue weighted by molar-refractivity contribution is -0.137. The Morgan fingerprint density at radius 3 is 2.24 bits per heavy atom. The summed E-state index contributed by atoms with van der Waals surface area (Å²) in [5.74, 6) is -0.717. The van der Waals surface area contributed by atoms with Crippen molar-refractivity contribution in [2.45, 2.75) is 19.0 Å². The summed E-state index contributed by atoms with van der Waals surface area (Å²) >= 11 is 1.26. The summed E-state index contributed by atoms with van der Waals surface area (Å²) in [6, 6.07) is 11.5. The summed E-state index contributed by atoms with van der Waals surface area (Å²) in [4.78, 5) is 27.4. The predicted octanol–water partition coefficient (Wildman–Crippen LogP) is 4.04. The van der Waals surface area contributed by atoms with Gasteiger partial charge in [-0.2, -0.15) is 13.2 Å². The maximum atomic E-state index is 12.6. The molecule has 0 radical (unpaired) electrons. The lowest BCUT2D eigenvalue weighted by Crippen LogP contribution is -2.15. The fraction of sp³-hybridized carbons (Fsp3) is 0.150. The van der Waals surface area contributed by atoms with Crippen molar-refractivity contribution in [3.8, 4) is 10.6 Å². The van der Waals surface area contributed by atoms with Crippen LogP contribution in [-0.4, -0.2) is 16.8 Å². The molecule has 0 aliphatic heterocycles. The molecule has 1 heterocycles. The van der Waals surface area contributed by atoms with E-state index in [-0.39, 0.29) is 18.7 Å². The van der Waals surface area contributed by atoms with Gasteiger partial charge in [-0.15, -0.1) is 11.3 Å². The molecule has 0 unspecified atom stereocenters. The van der Waals surface area contributed by atoms with E-state index in [0.717, 1.165) is 17.7 Å². The highest BCUT2D eigenvalue weighted by molar-refractivity contribution is 7.13. The molecule has 3 N–H and O–H groups in total. The van der Waals surface area contributed by atoms with E-state index in [2.05, 4.69) is 10.3 Å². The van der Waals surface area contributed by atoms with Gasteiger partial charge in [0.25, 0.3) is 0 Å². The Labute approximate surface area is 168 Å². The van der Waals surface area contributed by atoms with Crippen LogP contribution >= 0.6 is 11.3 Å². The van der Waals surface area contributed by atoms with E-state index in [9.17, 15) is 22.8 Å². The summed E-state index contributed by atoms with van der Waals surface area (Å²) in [5, 5.41) is 4.96. The highest BCUT2D eigenvalue weighted by Crippen LogP contribution is 2.31. The molecule has 0 fully saturated rings. The molecule has 2 aromatic carbocycles. The number of rotatable bonds is 6. The number of thiazole rings is 1. The SMILES string of the molecule is NC(=O)Cc1ccc(NC(=O)Cc2csc(-c3ccc(C(F)(F)F)cc3)n2)cc1. The van der Waals surface area contributed by atoms with Gasteiger partial charge in [0.2, 0.25) is 11.8 Å². The van der Waals surface area contributed by atoms with E-state index < -0.39 is 17.6 Å². The molecular weight excluding hydrogens is 403 g/mol. The molecule has 2 amide bonds. The number of carbonyl (C=O) groups is 2. The van der Waals surface area contributed by atoms with E-state index in [1.807, 2.05) is 0 Å². The third kappa shape index (κ3) is 5.64. The van der Waals surface area contributed by atoms with Crippen molar-refractivity contribution in [3.63, 3.8) is 0 Å². The van der Waals surface area contributed by atoms with Crippen molar-refractivity contribution in [1.29, 1.82) is 0 Å². The maximum absolute atomic E-state index is 12.6. The zero-order chi connectivity index (χ0) is 21.0. The number of hydrogen-bond donors (Lipinski definition) is 2. The van der Waals surface area contributed by atoms with Crippen molar-refractivity contribution in [2.24, 2.45) is 5.73 Å². The monoisotopic (exact) mass is 419 g/mol. The Hall–Kier alpha value is -3.20. The van der Waals surface area contributed by atoms with Gasteiger partial charge in [0, 0.05) is 16.6 Å². The molecule has 0 saturated carbocycles. The van der Waals surface area contributed by atoms with Crippen LogP contribution in [0.5, 0.6) is 0 Å². The quantitative estimate of drug-likeness (QED) is 0.632. The van der Waals surface area contributed by atoms with Crippen LogP contribution in [0, 0.1) is 0 Å². The van der Waals surface area contributed by atoms with E-state index in [4.69, 9.17) is 5.73 Å². The second kappa shape index (κ2) is 8.44. The van der Waals surface area contributed by atoms with Gasteiger partial charge < -0.3 is 11.1 Å². The number of alkyl halides is 3. The van der Waals surface area contributed by atoms with E-state index >= 15 is 0 Å². The number of nitrogens with zero attached hydrogens (tertiary/aromatic N) is 1. The molecule has 3 aromatic rings. The molecule has 0 aliphatic carbocycles. The standard InChI is InChI=1S/C20H16F3N3O2S/c21-20(22,23)14-5-3-13(4-6-14)19-26-16(11-29-19)10-18(28)25-15-7-1-12(2-8-15)9-17(24)27/h1-8,11H,9-10H2,(H2,24,27)(H,25,28). The number of halogens is 3. The predicted molar refractivity (Wildman–Crippen MR) is 104 cm³/mol. The first kappa shape index (κ1) is 20.5. The molecule has 150 valence electrons. The number of carbonyl (C=O) groups excluding carboxylic acids is 2. The Bertz CT molecular complexity index is 1010. The third-order valence-electron chi connectivity index (χ3n) is 3.97. The molecule has 0 saturated heterocycles. The number of nitrogens with one attached hydrogen (secondary N) is 1. The smallest absolute Gasteiger partial charge is 0.369 e. The first-order chi connectivity index (χ1) is 13.7. The van der Waals surface area contributed by atoms with Gasteiger partial charge in [-0.1, -0.05) is 24.3 Å². The summed E-state index contributed by atoms with van der Waals surface area (Å²) in [7, 11) is 0. The molecule has 1 aromatic heterocycles. The molecule has 5 nitrogen and oxygen atoms in total. The zero-order valence-corrected chi connectivity index (χ0v) is 15.8. The number of hydrogen-bond acceptors (Lipinski definition) is 4. The molecule has 0 atom stereocenters. The number of amides is 2. The fourth-order valence-electron chi connectivity index (χ4n) is 2.60. The lowest BCUT2D eigenvalue weighted by Gasteiger charge is -2.06. The zero-order valence-electron chi connectivity index (χ0n) is 15.0. The van der Waals surface area contributed by atoms with Gasteiger partial charge in [0.1, 0.15) is 5.01 Å². The van der Waals surface area contributed by atoms with Crippen molar-refractivity contribution in [1.82, 2.24) is 4.98 Å². The van der Waals surface area contributed by atoms with Gasteiger partial charge in [0.15, 0.2) is 0 Å². The van der Waals surface area contributed by atoms with E-state index in [1.165, 1.54) is 23.5 Å². The summed E-state index contributed by atoms with van der Waals surface area (Å²) < 4.78 is 37.9. The molecule has 3 rings (SSSR count). The fourth-order valence-corrected chi connectivity index (χ4v) is 3.43. The number of primary amides is 1. The molecular formula is C20H16F3N3O2S. The van der Waals surface area contributed by atoms with E-state index in [0.29, 0.717) is 22.0 Å². The van der Waals surface area contributed by atoms with Crippen LogP contribution in [0.25, 0.3) is 10.6 Å². The minimum atomic E-state index is -4.39. The van der Waals surface area contributed by atoms with Crippen molar-refractivity contribution in [2.75, 3.05) is 5.32 Å². The molecule has 0 aliphatic rings. The first-order valence-corrected chi connectivity index (χ1v) is 9.38. The second-order valence-corrected chi connectivity index (χ2v) is 7.14. The highest BCUT2D eigenvalue weighted by Gasteiger charge is 2.30. The topological polar surface area (TPSA) is 85.1 Å². The molecule has 9 heteroatoms. The van der Waals surface area contributed by atoms with Crippen molar-refractivity contribution < 1.29 is 22.8 Å². The van der Waals surface area contributed by atoms with Crippen LogP contribution in [0.4, 0.5) is 18.9 Å². The minimum Gasteiger partial charge on any atom is -0.369 e. The average molecular weight is 419 g/mol. The third-order valence-corrected chi connectivity index (χ3v) is 4.91. The van der Waals surface area contributed by atoms with Crippen LogP contribution in [0.2, 0.25) is 0 Å². The van der Waals surface area contributed by atoms with Gasteiger partial charge in [-0.3, -0.25) is 9.59 Å². The van der Waals surface area contributed by atoms with Gasteiger partial charge in [-0.25, -0.2) is 4.98 Å². The summed E-state index contributed by atoms with van der Waals surface area (Å²) in [5.41, 5.74) is 6.81. The van der Waals surface area contributed by atoms with Crippen LogP contribution < -0.4 is 11.1 Å². The largest absolute Gasteiger partial charge is 0.416 e. The maximum Gasteiger partial charge on any atom is 0.416 e. The number of nitrogens with two attached hydrogens (primary N) is 1. The van der Waals surface area contributed by atoms with E-state index in [1.54, 1.807) is 29.6 Å². The highest BCUT2D eigenvalue weighted by atomic mass is 32.1. The van der Waals surface area contributed by atoms with Crippen molar-refractivity contribution >= 4 is 28.8 Å². The van der Waals surface area contributed by atoms with Crippen molar-refractivity contribution in [3.05, 3.63) is 70.7 Å². The number of anilines is 1. The number of aromatic nitrogens is 1. The normalized spacial score (nSPS) is 11.3. The Morgan fingerprint density at radius 2 is 1.66 bits per heavy atom. The molecule has 0 spiro atoms. The van der Waals surface area contributed by atoms with Gasteiger partial charge >= 0.3 is 6.18 Å². The van der Waals surface area contributed by atoms with Crippen LogP contribution in [0.15, 0.2) is 53.9 Å². The summed E-state index contributed by atoms with van der Waals surface area (Å²) in [6.07, 6.45) is -4.23. The Balaban J connectivity index is 1.61. The lowest BCUT2D eigenvalue weighted by atomic mass is 10.1. The Morgan fingerprint density at radius 1 is 1.00 bits per heavy atom. The van der Waals surface area contributed by atoms with Crippen LogP contribution in [0.1, 0.15) is 16.8 Å². The van der Waals surface area contributed by atoms with Crippen LogP contribution in [-0.2, 0) is 28.6 Å². The van der Waals surface area contributed by atoms with Crippen LogP contribution in [0.3, 0.4) is 0 Å².